The highest BCUT2D eigenvalue weighted by atomic mass is 16.2. The van der Waals surface area contributed by atoms with Crippen LogP contribution in [0.4, 0.5) is 5.69 Å². The number of piperazine rings is 1. The average Bonchev–Trinajstić information content (AvgIpc) is 3.09. The first-order chi connectivity index (χ1) is 10.3. The molecule has 5 nitrogen and oxygen atoms in total. The van der Waals surface area contributed by atoms with Crippen molar-refractivity contribution >= 4 is 11.6 Å². The number of pyridine rings is 1. The van der Waals surface area contributed by atoms with Gasteiger partial charge in [0.2, 0.25) is 0 Å². The topological polar surface area (TPSA) is 48.5 Å². The highest BCUT2D eigenvalue weighted by Crippen LogP contribution is 2.25. The molecule has 114 valence electrons. The van der Waals surface area contributed by atoms with Crippen LogP contribution in [-0.4, -0.2) is 60.0 Å². The molecule has 0 unspecified atom stereocenters. The molecule has 1 saturated heterocycles. The minimum absolute atomic E-state index is 0.0959. The van der Waals surface area contributed by atoms with Crippen molar-refractivity contribution in [2.45, 2.75) is 31.7 Å². The number of anilines is 1. The Kier molecular flexibility index (Phi) is 4.39. The summed E-state index contributed by atoms with van der Waals surface area (Å²) in [7, 11) is 1.84. The van der Waals surface area contributed by atoms with Crippen molar-refractivity contribution in [1.82, 2.24) is 14.8 Å². The molecule has 1 N–H and O–H groups in total. The third kappa shape index (κ3) is 3.02. The van der Waals surface area contributed by atoms with Crippen LogP contribution in [0.1, 0.15) is 36.0 Å². The first-order valence-corrected chi connectivity index (χ1v) is 7.94. The van der Waals surface area contributed by atoms with Gasteiger partial charge < -0.3 is 10.2 Å². The van der Waals surface area contributed by atoms with Gasteiger partial charge in [0.25, 0.3) is 5.91 Å². The van der Waals surface area contributed by atoms with Crippen LogP contribution in [0, 0.1) is 0 Å². The zero-order valence-corrected chi connectivity index (χ0v) is 12.7. The number of rotatable bonds is 3. The fourth-order valence-electron chi connectivity index (χ4n) is 3.51. The van der Waals surface area contributed by atoms with Crippen molar-refractivity contribution in [3.05, 3.63) is 24.0 Å². The summed E-state index contributed by atoms with van der Waals surface area (Å²) in [6, 6.07) is 2.61. The number of carbonyl (C=O) groups excluding carboxylic acids is 1. The summed E-state index contributed by atoms with van der Waals surface area (Å²) in [6.45, 7) is 3.66. The summed E-state index contributed by atoms with van der Waals surface area (Å²) in [6.07, 6.45) is 8.77. The van der Waals surface area contributed by atoms with Crippen LogP contribution in [0.2, 0.25) is 0 Å². The lowest BCUT2D eigenvalue weighted by atomic mass is 10.1. The number of hydrogen-bond acceptors (Lipinski definition) is 4. The molecule has 21 heavy (non-hydrogen) atoms. The standard InChI is InChI=1S/C16H24N4O/c1-17-15-6-7-18-12-14(15)16(21)20-10-8-19(9-11-20)13-4-2-3-5-13/h6-7,12-13H,2-5,8-11H2,1H3,(H,17,18). The predicted molar refractivity (Wildman–Crippen MR) is 83.5 cm³/mol. The molecule has 1 aromatic rings. The Hall–Kier alpha value is -1.62. The average molecular weight is 288 g/mol. The highest BCUT2D eigenvalue weighted by molar-refractivity contribution is 5.99. The highest BCUT2D eigenvalue weighted by Gasteiger charge is 2.28. The molecule has 1 amide bonds. The van der Waals surface area contributed by atoms with E-state index in [0.717, 1.165) is 37.9 Å². The quantitative estimate of drug-likeness (QED) is 0.922. The van der Waals surface area contributed by atoms with Gasteiger partial charge in [-0.2, -0.15) is 0 Å². The van der Waals surface area contributed by atoms with E-state index in [0.29, 0.717) is 5.56 Å². The molecule has 2 heterocycles. The Morgan fingerprint density at radius 3 is 2.62 bits per heavy atom. The number of carbonyl (C=O) groups is 1. The zero-order chi connectivity index (χ0) is 14.7. The molecular formula is C16H24N4O. The van der Waals surface area contributed by atoms with Crippen molar-refractivity contribution in [3.8, 4) is 0 Å². The minimum Gasteiger partial charge on any atom is -0.387 e. The summed E-state index contributed by atoms with van der Waals surface area (Å²) >= 11 is 0. The molecule has 2 aliphatic rings. The molecular weight excluding hydrogens is 264 g/mol. The molecule has 0 bridgehead atoms. The van der Waals surface area contributed by atoms with Crippen molar-refractivity contribution in [2.24, 2.45) is 0 Å². The maximum atomic E-state index is 12.6. The Labute approximate surface area is 126 Å². The normalized spacial score (nSPS) is 20.7. The van der Waals surface area contributed by atoms with E-state index in [2.05, 4.69) is 15.2 Å². The van der Waals surface area contributed by atoms with Crippen LogP contribution in [0.25, 0.3) is 0 Å². The fraction of sp³-hybridized carbons (Fsp3) is 0.625. The summed E-state index contributed by atoms with van der Waals surface area (Å²) in [5.74, 6) is 0.0959. The third-order valence-corrected chi connectivity index (χ3v) is 4.76. The molecule has 0 radical (unpaired) electrons. The first-order valence-electron chi connectivity index (χ1n) is 7.94. The molecule has 1 aromatic heterocycles. The van der Waals surface area contributed by atoms with Gasteiger partial charge in [0.1, 0.15) is 0 Å². The molecule has 2 fully saturated rings. The Morgan fingerprint density at radius 1 is 1.24 bits per heavy atom. The van der Waals surface area contributed by atoms with Crippen LogP contribution in [0.15, 0.2) is 18.5 Å². The number of nitrogens with zero attached hydrogens (tertiary/aromatic N) is 3. The van der Waals surface area contributed by atoms with Gasteiger partial charge in [-0.05, 0) is 18.9 Å². The summed E-state index contributed by atoms with van der Waals surface area (Å²) in [4.78, 5) is 21.3. The number of amides is 1. The van der Waals surface area contributed by atoms with E-state index in [1.165, 1.54) is 25.7 Å². The monoisotopic (exact) mass is 288 g/mol. The molecule has 1 aliphatic heterocycles. The minimum atomic E-state index is 0.0959. The SMILES string of the molecule is CNc1ccncc1C(=O)N1CCN(C2CCCC2)CC1. The first kappa shape index (κ1) is 14.3. The van der Waals surface area contributed by atoms with Gasteiger partial charge in [0.05, 0.1) is 5.56 Å². The lowest BCUT2D eigenvalue weighted by molar-refractivity contribution is 0.0574. The van der Waals surface area contributed by atoms with E-state index in [4.69, 9.17) is 0 Å². The summed E-state index contributed by atoms with van der Waals surface area (Å²) in [5.41, 5.74) is 1.53. The molecule has 5 heteroatoms. The number of nitrogens with one attached hydrogen (secondary N) is 1. The lowest BCUT2D eigenvalue weighted by Crippen LogP contribution is -2.51. The van der Waals surface area contributed by atoms with Crippen LogP contribution in [0.5, 0.6) is 0 Å². The van der Waals surface area contributed by atoms with Gasteiger partial charge in [0.15, 0.2) is 0 Å². The fourth-order valence-corrected chi connectivity index (χ4v) is 3.51. The van der Waals surface area contributed by atoms with Crippen molar-refractivity contribution in [3.63, 3.8) is 0 Å². The molecule has 1 aliphatic carbocycles. The van der Waals surface area contributed by atoms with Gasteiger partial charge >= 0.3 is 0 Å². The van der Waals surface area contributed by atoms with Crippen LogP contribution in [-0.2, 0) is 0 Å². The summed E-state index contributed by atoms with van der Waals surface area (Å²) < 4.78 is 0. The molecule has 0 aromatic carbocycles. The smallest absolute Gasteiger partial charge is 0.257 e. The Morgan fingerprint density at radius 2 is 1.95 bits per heavy atom. The van der Waals surface area contributed by atoms with Gasteiger partial charge in [-0.15, -0.1) is 0 Å². The molecule has 0 atom stereocenters. The number of hydrogen-bond donors (Lipinski definition) is 1. The largest absolute Gasteiger partial charge is 0.387 e. The molecule has 1 saturated carbocycles. The van der Waals surface area contributed by atoms with Gasteiger partial charge in [0, 0.05) is 57.3 Å². The second kappa shape index (κ2) is 6.43. The van der Waals surface area contributed by atoms with Crippen LogP contribution >= 0.6 is 0 Å². The zero-order valence-electron chi connectivity index (χ0n) is 12.7. The van der Waals surface area contributed by atoms with Gasteiger partial charge in [-0.25, -0.2) is 0 Å². The van der Waals surface area contributed by atoms with E-state index < -0.39 is 0 Å². The lowest BCUT2D eigenvalue weighted by Gasteiger charge is -2.38. The molecule has 3 rings (SSSR count). The van der Waals surface area contributed by atoms with E-state index in [1.807, 2.05) is 18.0 Å². The summed E-state index contributed by atoms with van der Waals surface area (Å²) in [5, 5.41) is 3.07. The Bertz CT molecular complexity index is 491. The Balaban J connectivity index is 1.62. The van der Waals surface area contributed by atoms with Crippen molar-refractivity contribution < 1.29 is 4.79 Å². The molecule has 0 spiro atoms. The van der Waals surface area contributed by atoms with Gasteiger partial charge in [-0.3, -0.25) is 14.7 Å². The van der Waals surface area contributed by atoms with Crippen LogP contribution < -0.4 is 5.32 Å². The maximum absolute atomic E-state index is 12.6. The third-order valence-electron chi connectivity index (χ3n) is 4.76. The number of aromatic nitrogens is 1. The second-order valence-corrected chi connectivity index (χ2v) is 5.94. The van der Waals surface area contributed by atoms with Gasteiger partial charge in [-0.1, -0.05) is 12.8 Å². The second-order valence-electron chi connectivity index (χ2n) is 5.94. The van der Waals surface area contributed by atoms with E-state index in [1.54, 1.807) is 12.4 Å². The van der Waals surface area contributed by atoms with E-state index in [9.17, 15) is 4.79 Å². The van der Waals surface area contributed by atoms with E-state index >= 15 is 0 Å². The van der Waals surface area contributed by atoms with E-state index in [-0.39, 0.29) is 5.91 Å². The van der Waals surface area contributed by atoms with Crippen LogP contribution in [0.3, 0.4) is 0 Å². The predicted octanol–water partition coefficient (Wildman–Crippen LogP) is 1.82. The van der Waals surface area contributed by atoms with Crippen molar-refractivity contribution in [1.29, 1.82) is 0 Å². The van der Waals surface area contributed by atoms with Crippen molar-refractivity contribution in [2.75, 3.05) is 38.5 Å². The maximum Gasteiger partial charge on any atom is 0.257 e.